The molecule has 0 atom stereocenters. The van der Waals surface area contributed by atoms with Crippen molar-refractivity contribution in [2.24, 2.45) is 7.05 Å². The van der Waals surface area contributed by atoms with Gasteiger partial charge in [-0.25, -0.2) is 0 Å². The van der Waals surface area contributed by atoms with Crippen molar-refractivity contribution in [3.8, 4) is 0 Å². The number of aromatic nitrogens is 3. The quantitative estimate of drug-likeness (QED) is 0.794. The Labute approximate surface area is 137 Å². The second-order valence-corrected chi connectivity index (χ2v) is 6.17. The highest BCUT2D eigenvalue weighted by Gasteiger charge is 2.13. The van der Waals surface area contributed by atoms with Gasteiger partial charge < -0.3 is 14.3 Å². The number of hydrogen-bond acceptors (Lipinski definition) is 5. The molecule has 0 aliphatic carbocycles. The van der Waals surface area contributed by atoms with E-state index in [9.17, 15) is 4.79 Å². The van der Waals surface area contributed by atoms with Crippen molar-refractivity contribution in [3.05, 3.63) is 53.7 Å². The lowest BCUT2D eigenvalue weighted by atomic mass is 10.2. The minimum Gasteiger partial charge on any atom is -0.466 e. The molecule has 1 amide bonds. The Hall–Kier alpha value is -2.54. The Kier molecular flexibility index (Phi) is 4.20. The zero-order valence-electron chi connectivity index (χ0n) is 13.0. The van der Waals surface area contributed by atoms with Crippen LogP contribution in [0, 0.1) is 13.8 Å². The number of carbonyl (C=O) groups is 1. The molecule has 0 bridgehead atoms. The Balaban J connectivity index is 1.69. The number of benzene rings is 1. The standard InChI is InChI=1S/C16H16N4O2S/c1-10-8-14(11(2)22-10)15(21)18-12-4-6-13(7-5-12)23-16-19-17-9-20(16)3/h4-9H,1-3H3,(H,18,21). The maximum Gasteiger partial charge on any atom is 0.259 e. The highest BCUT2D eigenvalue weighted by molar-refractivity contribution is 7.99. The Morgan fingerprint density at radius 3 is 2.57 bits per heavy atom. The molecule has 1 aromatic carbocycles. The average molecular weight is 328 g/mol. The van der Waals surface area contributed by atoms with E-state index < -0.39 is 0 Å². The molecule has 0 unspecified atom stereocenters. The molecule has 0 aliphatic heterocycles. The summed E-state index contributed by atoms with van der Waals surface area (Å²) in [6.07, 6.45) is 1.66. The molecule has 118 valence electrons. The summed E-state index contributed by atoms with van der Waals surface area (Å²) >= 11 is 1.51. The SMILES string of the molecule is Cc1cc(C(=O)Nc2ccc(Sc3nncn3C)cc2)c(C)o1. The molecular weight excluding hydrogens is 312 g/mol. The van der Waals surface area contributed by atoms with Crippen LogP contribution < -0.4 is 5.32 Å². The zero-order valence-corrected chi connectivity index (χ0v) is 13.8. The van der Waals surface area contributed by atoms with Crippen LogP contribution in [-0.2, 0) is 7.05 Å². The molecule has 0 saturated heterocycles. The molecule has 3 rings (SSSR count). The number of furan rings is 1. The van der Waals surface area contributed by atoms with Gasteiger partial charge in [-0.1, -0.05) is 0 Å². The van der Waals surface area contributed by atoms with Crippen molar-refractivity contribution in [1.82, 2.24) is 14.8 Å². The van der Waals surface area contributed by atoms with Crippen LogP contribution in [0.1, 0.15) is 21.9 Å². The van der Waals surface area contributed by atoms with Gasteiger partial charge in [0, 0.05) is 17.6 Å². The van der Waals surface area contributed by atoms with Gasteiger partial charge in [0.05, 0.1) is 5.56 Å². The van der Waals surface area contributed by atoms with Crippen LogP contribution in [0.25, 0.3) is 0 Å². The van der Waals surface area contributed by atoms with Gasteiger partial charge in [0.1, 0.15) is 17.8 Å². The van der Waals surface area contributed by atoms with E-state index in [4.69, 9.17) is 4.42 Å². The van der Waals surface area contributed by atoms with Crippen molar-refractivity contribution >= 4 is 23.4 Å². The number of aryl methyl sites for hydroxylation is 3. The predicted molar refractivity (Wildman–Crippen MR) is 87.7 cm³/mol. The number of anilines is 1. The van der Waals surface area contributed by atoms with E-state index in [1.807, 2.05) is 42.8 Å². The maximum atomic E-state index is 12.2. The maximum absolute atomic E-state index is 12.2. The summed E-state index contributed by atoms with van der Waals surface area (Å²) in [5.41, 5.74) is 1.29. The van der Waals surface area contributed by atoms with E-state index >= 15 is 0 Å². The van der Waals surface area contributed by atoms with E-state index in [2.05, 4.69) is 15.5 Å². The van der Waals surface area contributed by atoms with E-state index in [1.54, 1.807) is 19.3 Å². The van der Waals surface area contributed by atoms with Gasteiger partial charge in [0.25, 0.3) is 5.91 Å². The number of hydrogen-bond donors (Lipinski definition) is 1. The normalized spacial score (nSPS) is 10.7. The fourth-order valence-corrected chi connectivity index (χ4v) is 2.89. The average Bonchev–Trinajstić information content (AvgIpc) is 3.07. The first-order chi connectivity index (χ1) is 11.0. The van der Waals surface area contributed by atoms with Gasteiger partial charge in [-0.05, 0) is 55.9 Å². The van der Waals surface area contributed by atoms with Crippen LogP contribution in [0.3, 0.4) is 0 Å². The molecule has 0 radical (unpaired) electrons. The molecule has 3 aromatic rings. The summed E-state index contributed by atoms with van der Waals surface area (Å²) in [7, 11) is 1.89. The van der Waals surface area contributed by atoms with E-state index in [1.165, 1.54) is 11.8 Å². The van der Waals surface area contributed by atoms with Crippen LogP contribution in [0.15, 0.2) is 51.1 Å². The van der Waals surface area contributed by atoms with Crippen molar-refractivity contribution in [2.75, 3.05) is 5.32 Å². The number of carbonyl (C=O) groups excluding carboxylic acids is 1. The smallest absolute Gasteiger partial charge is 0.259 e. The third kappa shape index (κ3) is 3.45. The molecular formula is C16H16N4O2S. The van der Waals surface area contributed by atoms with Gasteiger partial charge in [0.15, 0.2) is 5.16 Å². The molecule has 0 aliphatic rings. The van der Waals surface area contributed by atoms with E-state index in [0.29, 0.717) is 11.3 Å². The fraction of sp³-hybridized carbons (Fsp3) is 0.188. The Bertz CT molecular complexity index is 836. The Morgan fingerprint density at radius 1 is 1.26 bits per heavy atom. The lowest BCUT2D eigenvalue weighted by molar-refractivity contribution is 0.102. The summed E-state index contributed by atoms with van der Waals surface area (Å²) in [6, 6.07) is 9.32. The second kappa shape index (κ2) is 6.29. The van der Waals surface area contributed by atoms with Crippen molar-refractivity contribution < 1.29 is 9.21 Å². The van der Waals surface area contributed by atoms with E-state index in [0.717, 1.165) is 21.5 Å². The number of rotatable bonds is 4. The summed E-state index contributed by atoms with van der Waals surface area (Å²) in [4.78, 5) is 13.3. The predicted octanol–water partition coefficient (Wildman–Crippen LogP) is 3.43. The van der Waals surface area contributed by atoms with Crippen molar-refractivity contribution in [1.29, 1.82) is 0 Å². The van der Waals surface area contributed by atoms with Crippen molar-refractivity contribution in [2.45, 2.75) is 23.9 Å². The first kappa shape index (κ1) is 15.4. The second-order valence-electron chi connectivity index (χ2n) is 5.13. The summed E-state index contributed by atoms with van der Waals surface area (Å²) < 4.78 is 7.23. The number of nitrogens with zero attached hydrogens (tertiary/aromatic N) is 3. The highest BCUT2D eigenvalue weighted by atomic mass is 32.2. The first-order valence-electron chi connectivity index (χ1n) is 7.03. The van der Waals surface area contributed by atoms with Crippen molar-refractivity contribution in [3.63, 3.8) is 0 Å². The summed E-state index contributed by atoms with van der Waals surface area (Å²) in [6.45, 7) is 3.60. The third-order valence-corrected chi connectivity index (χ3v) is 4.34. The fourth-order valence-electron chi connectivity index (χ4n) is 2.13. The lowest BCUT2D eigenvalue weighted by Crippen LogP contribution is -2.11. The molecule has 0 fully saturated rings. The topological polar surface area (TPSA) is 73.0 Å². The molecule has 1 N–H and O–H groups in total. The van der Waals surface area contributed by atoms with Crippen LogP contribution in [0.2, 0.25) is 0 Å². The van der Waals surface area contributed by atoms with Gasteiger partial charge in [-0.3, -0.25) is 4.79 Å². The molecule has 6 nitrogen and oxygen atoms in total. The number of amides is 1. The minimum absolute atomic E-state index is 0.173. The lowest BCUT2D eigenvalue weighted by Gasteiger charge is -2.06. The zero-order chi connectivity index (χ0) is 16.4. The largest absolute Gasteiger partial charge is 0.466 e. The molecule has 2 aromatic heterocycles. The Morgan fingerprint density at radius 2 is 2.00 bits per heavy atom. The molecule has 0 saturated carbocycles. The molecule has 23 heavy (non-hydrogen) atoms. The minimum atomic E-state index is -0.173. The molecule has 2 heterocycles. The van der Waals surface area contributed by atoms with Gasteiger partial charge in [0.2, 0.25) is 0 Å². The van der Waals surface area contributed by atoms with Gasteiger partial charge in [-0.15, -0.1) is 10.2 Å². The van der Waals surface area contributed by atoms with Gasteiger partial charge >= 0.3 is 0 Å². The number of nitrogens with one attached hydrogen (secondary N) is 1. The third-order valence-electron chi connectivity index (χ3n) is 3.28. The van der Waals surface area contributed by atoms with E-state index in [-0.39, 0.29) is 5.91 Å². The molecule has 0 spiro atoms. The van der Waals surface area contributed by atoms with Crippen LogP contribution >= 0.6 is 11.8 Å². The van der Waals surface area contributed by atoms with Crippen LogP contribution in [-0.4, -0.2) is 20.7 Å². The van der Waals surface area contributed by atoms with Crippen LogP contribution in [0.4, 0.5) is 5.69 Å². The summed E-state index contributed by atoms with van der Waals surface area (Å²) in [5, 5.41) is 11.6. The highest BCUT2D eigenvalue weighted by Crippen LogP contribution is 2.26. The van der Waals surface area contributed by atoms with Gasteiger partial charge in [-0.2, -0.15) is 0 Å². The summed E-state index contributed by atoms with van der Waals surface area (Å²) in [5.74, 6) is 1.17. The molecule has 7 heteroatoms. The van der Waals surface area contributed by atoms with Crippen LogP contribution in [0.5, 0.6) is 0 Å². The first-order valence-corrected chi connectivity index (χ1v) is 7.85. The monoisotopic (exact) mass is 328 g/mol.